The maximum Gasteiger partial charge on any atom is 0.272 e. The van der Waals surface area contributed by atoms with Crippen molar-refractivity contribution in [1.82, 2.24) is 25.3 Å². The van der Waals surface area contributed by atoms with Crippen LogP contribution in [0.5, 0.6) is 0 Å². The molecule has 1 aromatic heterocycles. The van der Waals surface area contributed by atoms with E-state index >= 15 is 0 Å². The average molecular weight is 367 g/mol. The van der Waals surface area contributed by atoms with Crippen molar-refractivity contribution >= 4 is 5.91 Å². The molecule has 0 saturated carbocycles. The Morgan fingerprint density at radius 2 is 1.89 bits per heavy atom. The maximum atomic E-state index is 12.4. The lowest BCUT2D eigenvalue weighted by atomic mass is 10.1. The van der Waals surface area contributed by atoms with Gasteiger partial charge in [-0.15, -0.1) is 0 Å². The van der Waals surface area contributed by atoms with Crippen molar-refractivity contribution in [2.75, 3.05) is 26.2 Å². The summed E-state index contributed by atoms with van der Waals surface area (Å²) in [4.78, 5) is 14.9. The second-order valence-corrected chi connectivity index (χ2v) is 7.66. The molecule has 2 fully saturated rings. The van der Waals surface area contributed by atoms with Crippen LogP contribution in [0.15, 0.2) is 36.5 Å². The quantitative estimate of drug-likeness (QED) is 0.823. The molecule has 6 nitrogen and oxygen atoms in total. The molecule has 1 atom stereocenters. The molecule has 1 amide bonds. The van der Waals surface area contributed by atoms with Gasteiger partial charge in [-0.25, -0.2) is 0 Å². The van der Waals surface area contributed by atoms with Crippen LogP contribution in [0.3, 0.4) is 0 Å². The van der Waals surface area contributed by atoms with E-state index in [1.54, 1.807) is 0 Å². The van der Waals surface area contributed by atoms with E-state index in [2.05, 4.69) is 44.9 Å². The van der Waals surface area contributed by atoms with Crippen LogP contribution in [0.1, 0.15) is 53.3 Å². The lowest BCUT2D eigenvalue weighted by molar-refractivity contribution is 0.0944. The molecule has 3 heterocycles. The van der Waals surface area contributed by atoms with E-state index in [0.717, 1.165) is 38.0 Å². The zero-order chi connectivity index (χ0) is 18.5. The molecule has 2 aliphatic heterocycles. The summed E-state index contributed by atoms with van der Waals surface area (Å²) in [6.45, 7) is 5.97. The number of nitrogens with one attached hydrogen (secondary N) is 2. The summed E-state index contributed by atoms with van der Waals surface area (Å²) in [6.07, 6.45) is 6.81. The molecule has 27 heavy (non-hydrogen) atoms. The van der Waals surface area contributed by atoms with Gasteiger partial charge in [-0.05, 0) is 62.5 Å². The van der Waals surface area contributed by atoms with Crippen LogP contribution < -0.4 is 10.6 Å². The fraction of sp³-hybridized carbons (Fsp3) is 0.524. The van der Waals surface area contributed by atoms with Crippen LogP contribution in [0.4, 0.5) is 0 Å². The minimum Gasteiger partial charge on any atom is -0.347 e. The number of amides is 1. The van der Waals surface area contributed by atoms with Crippen LogP contribution in [0, 0.1) is 0 Å². The number of carbonyl (C=O) groups excluding carboxylic acids is 1. The fourth-order valence-electron chi connectivity index (χ4n) is 3.96. The predicted octanol–water partition coefficient (Wildman–Crippen LogP) is 2.33. The van der Waals surface area contributed by atoms with Gasteiger partial charge in [-0.3, -0.25) is 14.4 Å². The molecular weight excluding hydrogens is 338 g/mol. The van der Waals surface area contributed by atoms with Gasteiger partial charge in [0.25, 0.3) is 5.91 Å². The zero-order valence-corrected chi connectivity index (χ0v) is 15.9. The van der Waals surface area contributed by atoms with Gasteiger partial charge >= 0.3 is 0 Å². The van der Waals surface area contributed by atoms with E-state index in [4.69, 9.17) is 0 Å². The van der Waals surface area contributed by atoms with Crippen LogP contribution >= 0.6 is 0 Å². The Hall–Kier alpha value is -2.18. The Labute approximate surface area is 160 Å². The summed E-state index contributed by atoms with van der Waals surface area (Å²) >= 11 is 0. The molecule has 6 heteroatoms. The molecule has 2 N–H and O–H groups in total. The molecule has 144 valence electrons. The molecule has 1 aromatic carbocycles. The number of benzene rings is 1. The van der Waals surface area contributed by atoms with Crippen LogP contribution in [-0.2, 0) is 13.1 Å². The summed E-state index contributed by atoms with van der Waals surface area (Å²) in [6, 6.07) is 10.7. The molecule has 0 spiro atoms. The summed E-state index contributed by atoms with van der Waals surface area (Å²) in [5.41, 5.74) is 2.95. The first-order valence-electron chi connectivity index (χ1n) is 10.1. The summed E-state index contributed by atoms with van der Waals surface area (Å²) in [7, 11) is 0. The van der Waals surface area contributed by atoms with Crippen molar-refractivity contribution < 1.29 is 4.79 Å². The Kier molecular flexibility index (Phi) is 5.84. The van der Waals surface area contributed by atoms with E-state index in [-0.39, 0.29) is 5.91 Å². The number of nitrogens with zero attached hydrogens (tertiary/aromatic N) is 3. The molecule has 0 bridgehead atoms. The number of piperidine rings is 1. The summed E-state index contributed by atoms with van der Waals surface area (Å²) in [5, 5.41) is 10.8. The number of hydrogen-bond donors (Lipinski definition) is 2. The van der Waals surface area contributed by atoms with Gasteiger partial charge in [0, 0.05) is 25.8 Å². The third-order valence-electron chi connectivity index (χ3n) is 5.57. The second-order valence-electron chi connectivity index (χ2n) is 7.66. The highest BCUT2D eigenvalue weighted by molar-refractivity contribution is 5.92. The lowest BCUT2D eigenvalue weighted by Crippen LogP contribution is -2.32. The van der Waals surface area contributed by atoms with Crippen molar-refractivity contribution in [2.45, 2.75) is 44.8 Å². The molecule has 2 aliphatic rings. The van der Waals surface area contributed by atoms with Crippen molar-refractivity contribution in [2.24, 2.45) is 0 Å². The Bertz CT molecular complexity index is 742. The Morgan fingerprint density at radius 3 is 2.63 bits per heavy atom. The zero-order valence-electron chi connectivity index (χ0n) is 15.9. The normalized spacial score (nSPS) is 20.7. The van der Waals surface area contributed by atoms with Gasteiger partial charge in [0.1, 0.15) is 5.69 Å². The molecule has 1 unspecified atom stereocenters. The third kappa shape index (κ3) is 4.76. The highest BCUT2D eigenvalue weighted by Gasteiger charge is 2.17. The average Bonchev–Trinajstić information content (AvgIpc) is 3.40. The summed E-state index contributed by atoms with van der Waals surface area (Å²) in [5.74, 6) is -0.112. The van der Waals surface area contributed by atoms with E-state index in [9.17, 15) is 4.79 Å². The van der Waals surface area contributed by atoms with Crippen LogP contribution in [-0.4, -0.2) is 46.8 Å². The minimum absolute atomic E-state index is 0.112. The number of rotatable bonds is 6. The third-order valence-corrected chi connectivity index (χ3v) is 5.57. The van der Waals surface area contributed by atoms with Crippen LogP contribution in [0.2, 0.25) is 0 Å². The fourth-order valence-corrected chi connectivity index (χ4v) is 3.96. The largest absolute Gasteiger partial charge is 0.347 e. The number of carbonyl (C=O) groups is 1. The SMILES string of the molecule is O=C(NCc1ccc(CN2CCCC2)cc1)c1ccn(C2CCCNC2)n1. The molecule has 2 saturated heterocycles. The van der Waals surface area contributed by atoms with Gasteiger partial charge < -0.3 is 10.6 Å². The van der Waals surface area contributed by atoms with E-state index in [1.807, 2.05) is 16.9 Å². The van der Waals surface area contributed by atoms with Crippen molar-refractivity contribution in [1.29, 1.82) is 0 Å². The lowest BCUT2D eigenvalue weighted by Gasteiger charge is -2.22. The number of aromatic nitrogens is 2. The monoisotopic (exact) mass is 367 g/mol. The first-order valence-corrected chi connectivity index (χ1v) is 10.1. The molecule has 2 aromatic rings. The first-order chi connectivity index (χ1) is 13.3. The minimum atomic E-state index is -0.112. The number of hydrogen-bond acceptors (Lipinski definition) is 4. The smallest absolute Gasteiger partial charge is 0.272 e. The van der Waals surface area contributed by atoms with Gasteiger partial charge in [0.2, 0.25) is 0 Å². The van der Waals surface area contributed by atoms with E-state index in [1.165, 1.54) is 31.5 Å². The van der Waals surface area contributed by atoms with E-state index in [0.29, 0.717) is 18.3 Å². The van der Waals surface area contributed by atoms with Gasteiger partial charge in [-0.2, -0.15) is 5.10 Å². The first kappa shape index (κ1) is 18.2. The van der Waals surface area contributed by atoms with Gasteiger partial charge in [-0.1, -0.05) is 24.3 Å². The van der Waals surface area contributed by atoms with Gasteiger partial charge in [0.05, 0.1) is 6.04 Å². The topological polar surface area (TPSA) is 62.2 Å². The second kappa shape index (κ2) is 8.67. The number of likely N-dealkylation sites (tertiary alicyclic amines) is 1. The predicted molar refractivity (Wildman–Crippen MR) is 105 cm³/mol. The molecule has 4 rings (SSSR count). The van der Waals surface area contributed by atoms with Crippen molar-refractivity contribution in [3.05, 3.63) is 53.3 Å². The van der Waals surface area contributed by atoms with E-state index < -0.39 is 0 Å². The van der Waals surface area contributed by atoms with Crippen LogP contribution in [0.25, 0.3) is 0 Å². The maximum absolute atomic E-state index is 12.4. The highest BCUT2D eigenvalue weighted by atomic mass is 16.1. The highest BCUT2D eigenvalue weighted by Crippen LogP contribution is 2.16. The summed E-state index contributed by atoms with van der Waals surface area (Å²) < 4.78 is 1.92. The molecular formula is C21H29N5O. The van der Waals surface area contributed by atoms with Gasteiger partial charge in [0.15, 0.2) is 0 Å². The molecule has 0 radical (unpaired) electrons. The van der Waals surface area contributed by atoms with Crippen molar-refractivity contribution in [3.8, 4) is 0 Å². The standard InChI is InChI=1S/C21H29N5O/c27-21(20-9-13-26(24-20)19-4-3-10-22-15-19)23-14-17-5-7-18(8-6-17)16-25-11-1-2-12-25/h5-9,13,19,22H,1-4,10-12,14-16H2,(H,23,27). The Morgan fingerprint density at radius 1 is 1.11 bits per heavy atom. The van der Waals surface area contributed by atoms with Crippen molar-refractivity contribution in [3.63, 3.8) is 0 Å². The molecule has 0 aliphatic carbocycles. The Balaban J connectivity index is 1.28.